The molecule has 1 aromatic carbocycles. The van der Waals surface area contributed by atoms with E-state index in [1.165, 1.54) is 6.08 Å². The van der Waals surface area contributed by atoms with Gasteiger partial charge in [-0.1, -0.05) is 12.1 Å². The first kappa shape index (κ1) is 15.1. The number of amides is 2. The summed E-state index contributed by atoms with van der Waals surface area (Å²) in [4.78, 5) is 24.2. The average Bonchev–Trinajstić information content (AvgIpc) is 3.25. The molecule has 0 spiro atoms. The summed E-state index contributed by atoms with van der Waals surface area (Å²) in [5, 5.41) is 5.66. The summed E-state index contributed by atoms with van der Waals surface area (Å²) in [5.41, 5.74) is 0.964. The summed E-state index contributed by atoms with van der Waals surface area (Å²) in [6, 6.07) is 10.9. The van der Waals surface area contributed by atoms with Crippen LogP contribution in [0.15, 0.2) is 46.9 Å². The smallest absolute Gasteiger partial charge is 0.253 e. The molecule has 118 valence electrons. The Kier molecular flexibility index (Phi) is 4.28. The van der Waals surface area contributed by atoms with Gasteiger partial charge in [-0.3, -0.25) is 9.59 Å². The zero-order valence-electron chi connectivity index (χ0n) is 12.8. The van der Waals surface area contributed by atoms with Crippen LogP contribution < -0.4 is 10.6 Å². The molecule has 5 nitrogen and oxygen atoms in total. The van der Waals surface area contributed by atoms with Gasteiger partial charge in [-0.2, -0.15) is 0 Å². The monoisotopic (exact) mass is 310 g/mol. The first-order valence-electron chi connectivity index (χ1n) is 7.57. The molecular weight excluding hydrogens is 292 g/mol. The maximum Gasteiger partial charge on any atom is 0.253 e. The van der Waals surface area contributed by atoms with Crippen molar-refractivity contribution < 1.29 is 14.0 Å². The Morgan fingerprint density at radius 1 is 1.17 bits per heavy atom. The van der Waals surface area contributed by atoms with Crippen molar-refractivity contribution in [3.8, 4) is 0 Å². The van der Waals surface area contributed by atoms with Crippen LogP contribution in [0.5, 0.6) is 0 Å². The predicted molar refractivity (Wildman–Crippen MR) is 88.0 cm³/mol. The van der Waals surface area contributed by atoms with Crippen LogP contribution in [-0.4, -0.2) is 17.9 Å². The van der Waals surface area contributed by atoms with E-state index in [0.717, 1.165) is 18.6 Å². The van der Waals surface area contributed by atoms with Crippen LogP contribution in [0.4, 0.5) is 5.69 Å². The summed E-state index contributed by atoms with van der Waals surface area (Å²) < 4.78 is 5.37. The number of nitrogens with one attached hydrogen (secondary N) is 2. The van der Waals surface area contributed by atoms with Crippen molar-refractivity contribution in [3.63, 3.8) is 0 Å². The fourth-order valence-corrected chi connectivity index (χ4v) is 2.16. The Morgan fingerprint density at radius 2 is 1.96 bits per heavy atom. The van der Waals surface area contributed by atoms with Crippen LogP contribution in [0.2, 0.25) is 0 Å². The van der Waals surface area contributed by atoms with Crippen LogP contribution >= 0.6 is 0 Å². The highest BCUT2D eigenvalue weighted by atomic mass is 16.3. The highest BCUT2D eigenvalue weighted by Crippen LogP contribution is 2.21. The van der Waals surface area contributed by atoms with Crippen LogP contribution in [0.1, 0.15) is 34.7 Å². The van der Waals surface area contributed by atoms with Gasteiger partial charge in [0.15, 0.2) is 0 Å². The molecule has 1 aromatic heterocycles. The molecule has 2 aromatic rings. The van der Waals surface area contributed by atoms with Gasteiger partial charge in [0.25, 0.3) is 5.91 Å². The van der Waals surface area contributed by atoms with Gasteiger partial charge in [0.1, 0.15) is 11.5 Å². The molecule has 1 aliphatic carbocycles. The fourth-order valence-electron chi connectivity index (χ4n) is 2.16. The second kappa shape index (κ2) is 6.52. The number of anilines is 1. The van der Waals surface area contributed by atoms with Crippen molar-refractivity contribution in [2.24, 2.45) is 0 Å². The molecule has 0 saturated heterocycles. The van der Waals surface area contributed by atoms with E-state index in [1.54, 1.807) is 36.4 Å². The molecule has 0 atom stereocenters. The molecule has 0 bridgehead atoms. The van der Waals surface area contributed by atoms with Crippen molar-refractivity contribution in [1.82, 2.24) is 5.32 Å². The maximum atomic E-state index is 12.2. The van der Waals surface area contributed by atoms with E-state index in [1.807, 2.05) is 13.0 Å². The Morgan fingerprint density at radius 3 is 2.65 bits per heavy atom. The highest BCUT2D eigenvalue weighted by Gasteiger charge is 2.24. The molecule has 1 saturated carbocycles. The summed E-state index contributed by atoms with van der Waals surface area (Å²) >= 11 is 0. The normalized spacial score (nSPS) is 14.0. The Hall–Kier alpha value is -2.82. The summed E-state index contributed by atoms with van der Waals surface area (Å²) in [5.74, 6) is 0.921. The highest BCUT2D eigenvalue weighted by molar-refractivity contribution is 6.07. The molecule has 2 N–H and O–H groups in total. The summed E-state index contributed by atoms with van der Waals surface area (Å²) in [6.45, 7) is 1.84. The molecule has 0 unspecified atom stereocenters. The Labute approximate surface area is 134 Å². The van der Waals surface area contributed by atoms with Gasteiger partial charge in [-0.15, -0.1) is 0 Å². The van der Waals surface area contributed by atoms with Gasteiger partial charge in [-0.05, 0) is 50.1 Å². The van der Waals surface area contributed by atoms with Crippen LogP contribution in [0, 0.1) is 6.92 Å². The zero-order chi connectivity index (χ0) is 16.2. The summed E-state index contributed by atoms with van der Waals surface area (Å²) in [6.07, 6.45) is 5.01. The second-order valence-corrected chi connectivity index (χ2v) is 5.56. The minimum absolute atomic E-state index is 0.158. The number of hydrogen-bond acceptors (Lipinski definition) is 3. The third-order valence-electron chi connectivity index (χ3n) is 3.50. The van der Waals surface area contributed by atoms with Gasteiger partial charge in [-0.25, -0.2) is 0 Å². The molecule has 0 radical (unpaired) electrons. The number of aryl methyl sites for hydroxylation is 1. The Balaban J connectivity index is 1.68. The van der Waals surface area contributed by atoms with Crippen LogP contribution in [-0.2, 0) is 4.79 Å². The van der Waals surface area contributed by atoms with Crippen molar-refractivity contribution in [2.45, 2.75) is 25.8 Å². The van der Waals surface area contributed by atoms with Crippen molar-refractivity contribution in [3.05, 3.63) is 59.6 Å². The van der Waals surface area contributed by atoms with Gasteiger partial charge < -0.3 is 15.1 Å². The minimum Gasteiger partial charge on any atom is -0.462 e. The number of para-hydroxylation sites is 1. The van der Waals surface area contributed by atoms with E-state index in [9.17, 15) is 9.59 Å². The van der Waals surface area contributed by atoms with E-state index in [-0.39, 0.29) is 17.9 Å². The number of hydrogen-bond donors (Lipinski definition) is 2. The van der Waals surface area contributed by atoms with Crippen molar-refractivity contribution in [1.29, 1.82) is 0 Å². The third-order valence-corrected chi connectivity index (χ3v) is 3.50. The molecular formula is C18H18N2O3. The minimum atomic E-state index is -0.314. The second-order valence-electron chi connectivity index (χ2n) is 5.56. The standard InChI is InChI=1S/C18H18N2O3/c1-12-6-9-14(23-12)10-11-17(21)20-16-5-3-2-4-15(16)18(22)19-13-7-8-13/h2-6,9-11,13H,7-8H2,1H3,(H,19,22)(H,20,21)/b11-10+. The van der Waals surface area contributed by atoms with E-state index in [4.69, 9.17) is 4.42 Å². The van der Waals surface area contributed by atoms with Crippen molar-refractivity contribution in [2.75, 3.05) is 5.32 Å². The first-order valence-corrected chi connectivity index (χ1v) is 7.57. The lowest BCUT2D eigenvalue weighted by molar-refractivity contribution is -0.111. The quantitative estimate of drug-likeness (QED) is 0.833. The summed E-state index contributed by atoms with van der Waals surface area (Å²) in [7, 11) is 0. The van der Waals surface area contributed by atoms with E-state index in [2.05, 4.69) is 10.6 Å². The van der Waals surface area contributed by atoms with Crippen LogP contribution in [0.25, 0.3) is 6.08 Å². The zero-order valence-corrected chi connectivity index (χ0v) is 12.8. The van der Waals surface area contributed by atoms with Gasteiger partial charge in [0, 0.05) is 12.1 Å². The van der Waals surface area contributed by atoms with E-state index in [0.29, 0.717) is 17.0 Å². The lowest BCUT2D eigenvalue weighted by Crippen LogP contribution is -2.26. The molecule has 1 heterocycles. The number of furan rings is 1. The maximum absolute atomic E-state index is 12.2. The number of carbonyl (C=O) groups is 2. The molecule has 1 fully saturated rings. The molecule has 2 amide bonds. The molecule has 3 rings (SSSR count). The molecule has 5 heteroatoms. The largest absolute Gasteiger partial charge is 0.462 e. The van der Waals surface area contributed by atoms with E-state index < -0.39 is 0 Å². The SMILES string of the molecule is Cc1ccc(/C=C/C(=O)Nc2ccccc2C(=O)NC2CC2)o1. The molecule has 23 heavy (non-hydrogen) atoms. The number of rotatable bonds is 5. The lowest BCUT2D eigenvalue weighted by atomic mass is 10.1. The lowest BCUT2D eigenvalue weighted by Gasteiger charge is -2.09. The topological polar surface area (TPSA) is 71.3 Å². The van der Waals surface area contributed by atoms with Crippen LogP contribution in [0.3, 0.4) is 0 Å². The predicted octanol–water partition coefficient (Wildman–Crippen LogP) is 3.13. The number of carbonyl (C=O) groups excluding carboxylic acids is 2. The van der Waals surface area contributed by atoms with Gasteiger partial charge in [0.05, 0.1) is 11.3 Å². The third kappa shape index (κ3) is 4.10. The Bertz CT molecular complexity index is 757. The van der Waals surface area contributed by atoms with Gasteiger partial charge >= 0.3 is 0 Å². The number of benzene rings is 1. The molecule has 0 aliphatic heterocycles. The van der Waals surface area contributed by atoms with E-state index >= 15 is 0 Å². The average molecular weight is 310 g/mol. The van der Waals surface area contributed by atoms with Gasteiger partial charge in [0.2, 0.25) is 5.91 Å². The van der Waals surface area contributed by atoms with Crippen molar-refractivity contribution >= 4 is 23.6 Å². The molecule has 1 aliphatic rings. The fraction of sp³-hybridized carbons (Fsp3) is 0.222. The first-order chi connectivity index (χ1) is 11.1.